The van der Waals surface area contributed by atoms with Gasteiger partial charge in [0.15, 0.2) is 5.65 Å². The summed E-state index contributed by atoms with van der Waals surface area (Å²) in [6, 6.07) is 13.1. The van der Waals surface area contributed by atoms with Crippen LogP contribution in [0.4, 0.5) is 5.69 Å². The molecule has 3 heterocycles. The molecule has 1 aromatic carbocycles. The van der Waals surface area contributed by atoms with Crippen LogP contribution in [0.5, 0.6) is 0 Å². The number of anilines is 1. The second kappa shape index (κ2) is 8.82. The molecule has 0 aliphatic heterocycles. The third kappa shape index (κ3) is 4.59. The van der Waals surface area contributed by atoms with Gasteiger partial charge in [0.2, 0.25) is 5.91 Å². The Kier molecular flexibility index (Phi) is 5.56. The highest BCUT2D eigenvalue weighted by Gasteiger charge is 2.28. The lowest BCUT2D eigenvalue weighted by atomic mass is 10.1. The molecule has 0 atom stereocenters. The number of hydrogen-bond donors (Lipinski definition) is 2. The van der Waals surface area contributed by atoms with Crippen molar-refractivity contribution < 1.29 is 9.59 Å². The number of nitrogens with one attached hydrogen (secondary N) is 2. The fraction of sp³-hybridized carbons (Fsp3) is 0.240. The lowest BCUT2D eigenvalue weighted by Gasteiger charge is -2.10. The SMILES string of the molecule is CNC(=O)Cc1ccc(NC(=O)c2cc(C3CC3)nc3c2cnn3Cc2cccnc2)cc1. The first-order valence-electron chi connectivity index (χ1n) is 11.0. The molecule has 3 aromatic heterocycles. The predicted octanol–water partition coefficient (Wildman–Crippen LogP) is 3.29. The van der Waals surface area contributed by atoms with E-state index in [1.54, 1.807) is 25.6 Å². The number of likely N-dealkylation sites (N-methyl/N-ethyl adjacent to an activating group) is 1. The monoisotopic (exact) mass is 440 g/mol. The topological polar surface area (TPSA) is 102 Å². The number of pyridine rings is 2. The highest BCUT2D eigenvalue weighted by atomic mass is 16.2. The van der Waals surface area contributed by atoms with E-state index in [0.29, 0.717) is 35.8 Å². The van der Waals surface area contributed by atoms with Crippen molar-refractivity contribution in [3.05, 3.63) is 83.4 Å². The van der Waals surface area contributed by atoms with Crippen LogP contribution < -0.4 is 10.6 Å². The molecular weight excluding hydrogens is 416 g/mol. The second-order valence-corrected chi connectivity index (χ2v) is 8.27. The summed E-state index contributed by atoms with van der Waals surface area (Å²) in [5.41, 5.74) is 4.77. The van der Waals surface area contributed by atoms with Crippen LogP contribution in [0, 0.1) is 0 Å². The molecule has 8 nitrogen and oxygen atoms in total. The van der Waals surface area contributed by atoms with Crippen LogP contribution in [-0.2, 0) is 17.8 Å². The molecule has 166 valence electrons. The van der Waals surface area contributed by atoms with E-state index >= 15 is 0 Å². The van der Waals surface area contributed by atoms with Crippen LogP contribution in [0.1, 0.15) is 45.9 Å². The van der Waals surface area contributed by atoms with Crippen LogP contribution in [0.25, 0.3) is 11.0 Å². The zero-order valence-electron chi connectivity index (χ0n) is 18.3. The molecule has 1 aliphatic carbocycles. The van der Waals surface area contributed by atoms with Gasteiger partial charge in [0.05, 0.1) is 30.1 Å². The van der Waals surface area contributed by atoms with Crippen LogP contribution in [0.3, 0.4) is 0 Å². The van der Waals surface area contributed by atoms with Gasteiger partial charge < -0.3 is 10.6 Å². The number of nitrogens with zero attached hydrogens (tertiary/aromatic N) is 4. The van der Waals surface area contributed by atoms with E-state index < -0.39 is 0 Å². The Morgan fingerprint density at radius 3 is 2.61 bits per heavy atom. The normalized spacial score (nSPS) is 13.1. The molecule has 0 unspecified atom stereocenters. The largest absolute Gasteiger partial charge is 0.359 e. The summed E-state index contributed by atoms with van der Waals surface area (Å²) in [5, 5.41) is 10.8. The van der Waals surface area contributed by atoms with Crippen molar-refractivity contribution in [2.45, 2.75) is 31.7 Å². The van der Waals surface area contributed by atoms with Gasteiger partial charge in [-0.05, 0) is 48.2 Å². The van der Waals surface area contributed by atoms with E-state index in [2.05, 4.69) is 20.7 Å². The number of aromatic nitrogens is 4. The van der Waals surface area contributed by atoms with Gasteiger partial charge >= 0.3 is 0 Å². The van der Waals surface area contributed by atoms with E-state index in [-0.39, 0.29) is 11.8 Å². The van der Waals surface area contributed by atoms with Crippen molar-refractivity contribution in [2.24, 2.45) is 0 Å². The first-order valence-corrected chi connectivity index (χ1v) is 11.0. The van der Waals surface area contributed by atoms with E-state index in [1.165, 1.54) is 0 Å². The Morgan fingerprint density at radius 1 is 1.09 bits per heavy atom. The minimum atomic E-state index is -0.204. The fourth-order valence-electron chi connectivity index (χ4n) is 3.80. The maximum absolute atomic E-state index is 13.2. The van der Waals surface area contributed by atoms with E-state index in [4.69, 9.17) is 4.98 Å². The van der Waals surface area contributed by atoms with Crippen molar-refractivity contribution in [2.75, 3.05) is 12.4 Å². The number of carbonyl (C=O) groups excluding carboxylic acids is 2. The highest BCUT2D eigenvalue weighted by Crippen LogP contribution is 2.40. The molecule has 0 saturated heterocycles. The summed E-state index contributed by atoms with van der Waals surface area (Å²) in [6.07, 6.45) is 7.72. The minimum Gasteiger partial charge on any atom is -0.359 e. The maximum Gasteiger partial charge on any atom is 0.256 e. The van der Waals surface area contributed by atoms with Crippen molar-refractivity contribution in [1.29, 1.82) is 0 Å². The third-order valence-electron chi connectivity index (χ3n) is 5.78. The lowest BCUT2D eigenvalue weighted by Crippen LogP contribution is -2.19. The molecule has 5 rings (SSSR count). The summed E-state index contributed by atoms with van der Waals surface area (Å²) < 4.78 is 1.82. The predicted molar refractivity (Wildman–Crippen MR) is 125 cm³/mol. The average molecular weight is 441 g/mol. The number of benzene rings is 1. The second-order valence-electron chi connectivity index (χ2n) is 8.27. The molecule has 33 heavy (non-hydrogen) atoms. The van der Waals surface area contributed by atoms with Gasteiger partial charge in [-0.3, -0.25) is 14.6 Å². The standard InChI is InChI=1S/C25H24N6O2/c1-26-23(32)11-16-4-8-19(9-5-16)29-25(33)20-12-22(18-6-7-18)30-24-21(20)14-28-31(24)15-17-3-2-10-27-13-17/h2-5,8-10,12-14,18H,6-7,11,15H2,1H3,(H,26,32)(H,29,33). The summed E-state index contributed by atoms with van der Waals surface area (Å²) in [7, 11) is 1.61. The number of rotatable bonds is 7. The molecule has 8 heteroatoms. The van der Waals surface area contributed by atoms with Crippen LogP contribution in [0.15, 0.2) is 61.1 Å². The summed E-state index contributed by atoms with van der Waals surface area (Å²) in [5.74, 6) is 0.137. The lowest BCUT2D eigenvalue weighted by molar-refractivity contribution is -0.119. The van der Waals surface area contributed by atoms with Crippen molar-refractivity contribution in [3.8, 4) is 0 Å². The van der Waals surface area contributed by atoms with Crippen LogP contribution in [0.2, 0.25) is 0 Å². The Bertz CT molecular complexity index is 1310. The molecule has 1 aliphatic rings. The van der Waals surface area contributed by atoms with Gasteiger partial charge in [-0.1, -0.05) is 18.2 Å². The minimum absolute atomic E-state index is 0.0538. The van der Waals surface area contributed by atoms with Gasteiger partial charge in [-0.2, -0.15) is 5.10 Å². The highest BCUT2D eigenvalue weighted by molar-refractivity contribution is 6.12. The Hall–Kier alpha value is -4.07. The van der Waals surface area contributed by atoms with Crippen LogP contribution >= 0.6 is 0 Å². The van der Waals surface area contributed by atoms with Gasteiger partial charge in [-0.15, -0.1) is 0 Å². The Morgan fingerprint density at radius 2 is 1.91 bits per heavy atom. The number of amides is 2. The van der Waals surface area contributed by atoms with Gasteiger partial charge in [0.25, 0.3) is 5.91 Å². The number of hydrogen-bond acceptors (Lipinski definition) is 5. The Labute approximate surface area is 191 Å². The molecule has 0 radical (unpaired) electrons. The molecule has 0 spiro atoms. The van der Waals surface area contributed by atoms with Crippen molar-refractivity contribution in [1.82, 2.24) is 25.1 Å². The Balaban J connectivity index is 1.43. The third-order valence-corrected chi connectivity index (χ3v) is 5.78. The van der Waals surface area contributed by atoms with Gasteiger partial charge in [0.1, 0.15) is 0 Å². The first-order chi connectivity index (χ1) is 16.1. The summed E-state index contributed by atoms with van der Waals surface area (Å²) in [4.78, 5) is 33.8. The number of carbonyl (C=O) groups is 2. The summed E-state index contributed by atoms with van der Waals surface area (Å²) in [6.45, 7) is 0.534. The van der Waals surface area contributed by atoms with Gasteiger partial charge in [-0.25, -0.2) is 9.67 Å². The van der Waals surface area contributed by atoms with E-state index in [0.717, 1.165) is 35.0 Å². The van der Waals surface area contributed by atoms with Crippen LogP contribution in [-0.4, -0.2) is 38.6 Å². The van der Waals surface area contributed by atoms with E-state index in [9.17, 15) is 9.59 Å². The zero-order valence-corrected chi connectivity index (χ0v) is 18.3. The molecular formula is C25H24N6O2. The van der Waals surface area contributed by atoms with E-state index in [1.807, 2.05) is 47.1 Å². The smallest absolute Gasteiger partial charge is 0.256 e. The first kappa shape index (κ1) is 20.8. The quantitative estimate of drug-likeness (QED) is 0.459. The molecule has 1 saturated carbocycles. The molecule has 0 bridgehead atoms. The zero-order chi connectivity index (χ0) is 22.8. The molecule has 2 amide bonds. The van der Waals surface area contributed by atoms with Crippen molar-refractivity contribution in [3.63, 3.8) is 0 Å². The molecule has 1 fully saturated rings. The molecule has 2 N–H and O–H groups in total. The number of fused-ring (bicyclic) bond motifs is 1. The molecule has 4 aromatic rings. The van der Waals surface area contributed by atoms with Crippen molar-refractivity contribution >= 4 is 28.5 Å². The maximum atomic E-state index is 13.2. The average Bonchev–Trinajstić information content (AvgIpc) is 3.62. The van der Waals surface area contributed by atoms with Gasteiger partial charge in [0, 0.05) is 36.7 Å². The fourth-order valence-corrected chi connectivity index (χ4v) is 3.80. The summed E-state index contributed by atoms with van der Waals surface area (Å²) >= 11 is 0.